The number of hydrogen-bond acceptors (Lipinski definition) is 3. The van der Waals surface area contributed by atoms with E-state index in [4.69, 9.17) is 4.74 Å². The number of ether oxygens (including phenoxy) is 1. The number of aliphatic hydroxyl groups excluding tert-OH is 1. The Hall–Kier alpha value is -1.62. The summed E-state index contributed by atoms with van der Waals surface area (Å²) >= 11 is 0. The Morgan fingerprint density at radius 1 is 1.41 bits per heavy atom. The van der Waals surface area contributed by atoms with Crippen LogP contribution in [0.5, 0.6) is 5.75 Å². The molecule has 1 fully saturated rings. The van der Waals surface area contributed by atoms with E-state index in [1.807, 2.05) is 4.90 Å². The van der Waals surface area contributed by atoms with Gasteiger partial charge in [-0.2, -0.15) is 0 Å². The van der Waals surface area contributed by atoms with Crippen LogP contribution in [0.3, 0.4) is 0 Å². The zero-order valence-electron chi connectivity index (χ0n) is 12.6. The van der Waals surface area contributed by atoms with Crippen LogP contribution < -0.4 is 4.74 Å². The Bertz CT molecular complexity index is 547. The van der Waals surface area contributed by atoms with Crippen molar-refractivity contribution in [3.8, 4) is 5.75 Å². The third-order valence-corrected chi connectivity index (χ3v) is 4.65. The van der Waals surface area contributed by atoms with E-state index < -0.39 is 0 Å². The summed E-state index contributed by atoms with van der Waals surface area (Å²) in [6.07, 6.45) is 4.21. The van der Waals surface area contributed by atoms with Crippen molar-refractivity contribution in [1.82, 2.24) is 4.90 Å². The normalized spacial score (nSPS) is 24.5. The first-order valence-corrected chi connectivity index (χ1v) is 8.01. The molecule has 4 nitrogen and oxygen atoms in total. The summed E-state index contributed by atoms with van der Waals surface area (Å²) in [5.41, 5.74) is 0.764. The van der Waals surface area contributed by atoms with E-state index >= 15 is 0 Å². The summed E-state index contributed by atoms with van der Waals surface area (Å²) in [5, 5.41) is 9.18. The quantitative estimate of drug-likeness (QED) is 0.931. The van der Waals surface area contributed by atoms with Crippen LogP contribution in [0.25, 0.3) is 0 Å². The smallest absolute Gasteiger partial charge is 0.229 e. The van der Waals surface area contributed by atoms with Crippen LogP contribution in [0.15, 0.2) is 18.2 Å². The van der Waals surface area contributed by atoms with Crippen LogP contribution in [0.4, 0.5) is 4.39 Å². The van der Waals surface area contributed by atoms with E-state index in [1.54, 1.807) is 6.07 Å². The number of carbonyl (C=O) groups excluding carboxylic acids is 1. The minimum Gasteiger partial charge on any atom is -0.492 e. The number of aliphatic hydroxyl groups is 1. The number of carbonyl (C=O) groups is 1. The maximum absolute atomic E-state index is 13.4. The van der Waals surface area contributed by atoms with Crippen LogP contribution in [0, 0.1) is 11.7 Å². The van der Waals surface area contributed by atoms with Gasteiger partial charge in [0, 0.05) is 19.2 Å². The van der Waals surface area contributed by atoms with E-state index in [9.17, 15) is 14.3 Å². The van der Waals surface area contributed by atoms with E-state index in [-0.39, 0.29) is 30.3 Å². The van der Waals surface area contributed by atoms with Crippen LogP contribution in [0.1, 0.15) is 31.2 Å². The fourth-order valence-corrected chi connectivity index (χ4v) is 3.50. The Balaban J connectivity index is 1.72. The molecule has 1 amide bonds. The van der Waals surface area contributed by atoms with Gasteiger partial charge in [-0.25, -0.2) is 4.39 Å². The molecule has 0 bridgehead atoms. The zero-order chi connectivity index (χ0) is 15.5. The Labute approximate surface area is 129 Å². The molecule has 2 aliphatic heterocycles. The van der Waals surface area contributed by atoms with Gasteiger partial charge in [0.15, 0.2) is 0 Å². The van der Waals surface area contributed by atoms with Crippen LogP contribution >= 0.6 is 0 Å². The van der Waals surface area contributed by atoms with Gasteiger partial charge < -0.3 is 14.7 Å². The Morgan fingerprint density at radius 2 is 2.27 bits per heavy atom. The van der Waals surface area contributed by atoms with Crippen LogP contribution in [-0.2, 0) is 11.2 Å². The summed E-state index contributed by atoms with van der Waals surface area (Å²) in [6.45, 7) is 1.19. The summed E-state index contributed by atoms with van der Waals surface area (Å²) in [7, 11) is 0. The maximum Gasteiger partial charge on any atom is 0.229 e. The molecule has 0 aliphatic carbocycles. The number of benzene rings is 1. The lowest BCUT2D eigenvalue weighted by Crippen LogP contribution is -2.48. The van der Waals surface area contributed by atoms with Gasteiger partial charge in [-0.15, -0.1) is 0 Å². The third kappa shape index (κ3) is 3.09. The number of rotatable bonds is 3. The number of nitrogens with zero attached hydrogens (tertiary/aromatic N) is 1. The monoisotopic (exact) mass is 307 g/mol. The first-order chi connectivity index (χ1) is 10.7. The summed E-state index contributed by atoms with van der Waals surface area (Å²) in [4.78, 5) is 14.7. The standard InChI is InChI=1S/C17H22FNO3/c18-14-4-5-16-12(10-14)9-13(11-22-16)17(21)19-7-2-1-3-15(19)6-8-20/h4-5,10,13,15,20H,1-3,6-9,11H2. The summed E-state index contributed by atoms with van der Waals surface area (Å²) in [5.74, 6) is 0.198. The summed E-state index contributed by atoms with van der Waals surface area (Å²) in [6, 6.07) is 4.58. The zero-order valence-corrected chi connectivity index (χ0v) is 12.6. The van der Waals surface area contributed by atoms with Crippen molar-refractivity contribution in [2.75, 3.05) is 19.8 Å². The van der Waals surface area contributed by atoms with Crippen molar-refractivity contribution >= 4 is 5.91 Å². The molecule has 120 valence electrons. The molecule has 3 rings (SSSR count). The minimum absolute atomic E-state index is 0.0769. The third-order valence-electron chi connectivity index (χ3n) is 4.65. The second kappa shape index (κ2) is 6.65. The molecule has 2 aliphatic rings. The highest BCUT2D eigenvalue weighted by Crippen LogP contribution is 2.30. The van der Waals surface area contributed by atoms with Crippen molar-refractivity contribution in [1.29, 1.82) is 0 Å². The molecule has 22 heavy (non-hydrogen) atoms. The van der Waals surface area contributed by atoms with Gasteiger partial charge in [-0.3, -0.25) is 4.79 Å². The SMILES string of the molecule is O=C(C1COc2ccc(F)cc2C1)N1CCCCC1CCO. The molecule has 5 heteroatoms. The molecule has 1 aromatic rings. The average molecular weight is 307 g/mol. The van der Waals surface area contributed by atoms with E-state index in [2.05, 4.69) is 0 Å². The van der Waals surface area contributed by atoms with Gasteiger partial charge in [-0.1, -0.05) is 0 Å². The van der Waals surface area contributed by atoms with Crippen LogP contribution in [-0.4, -0.2) is 41.7 Å². The highest BCUT2D eigenvalue weighted by Gasteiger charge is 2.34. The van der Waals surface area contributed by atoms with Gasteiger partial charge >= 0.3 is 0 Å². The maximum atomic E-state index is 13.4. The summed E-state index contributed by atoms with van der Waals surface area (Å²) < 4.78 is 19.0. The van der Waals surface area contributed by atoms with E-state index in [0.717, 1.165) is 31.4 Å². The number of hydrogen-bond donors (Lipinski definition) is 1. The molecule has 2 unspecified atom stereocenters. The molecule has 1 saturated heterocycles. The Morgan fingerprint density at radius 3 is 3.09 bits per heavy atom. The number of fused-ring (bicyclic) bond motifs is 1. The molecule has 1 N–H and O–H groups in total. The first-order valence-electron chi connectivity index (χ1n) is 8.01. The second-order valence-corrected chi connectivity index (χ2v) is 6.16. The predicted molar refractivity (Wildman–Crippen MR) is 80.1 cm³/mol. The second-order valence-electron chi connectivity index (χ2n) is 6.16. The fourth-order valence-electron chi connectivity index (χ4n) is 3.50. The van der Waals surface area contributed by atoms with Gasteiger partial charge in [-0.05, 0) is 55.9 Å². The average Bonchev–Trinajstić information content (AvgIpc) is 2.54. The number of piperidine rings is 1. The van der Waals surface area contributed by atoms with E-state index in [0.29, 0.717) is 25.2 Å². The molecular formula is C17H22FNO3. The van der Waals surface area contributed by atoms with Crippen molar-refractivity contribution in [2.45, 2.75) is 38.1 Å². The largest absolute Gasteiger partial charge is 0.492 e. The van der Waals surface area contributed by atoms with Gasteiger partial charge in [0.05, 0.1) is 5.92 Å². The van der Waals surface area contributed by atoms with Gasteiger partial charge in [0.25, 0.3) is 0 Å². The lowest BCUT2D eigenvalue weighted by atomic mass is 9.92. The number of amides is 1. The highest BCUT2D eigenvalue weighted by molar-refractivity contribution is 5.80. The van der Waals surface area contributed by atoms with E-state index in [1.165, 1.54) is 12.1 Å². The Kier molecular flexibility index (Phi) is 4.62. The number of likely N-dealkylation sites (tertiary alicyclic amines) is 1. The van der Waals surface area contributed by atoms with Crippen molar-refractivity contribution in [3.63, 3.8) is 0 Å². The van der Waals surface area contributed by atoms with Crippen LogP contribution in [0.2, 0.25) is 0 Å². The first kappa shape index (κ1) is 15.3. The molecule has 2 heterocycles. The molecule has 0 radical (unpaired) electrons. The molecule has 2 atom stereocenters. The minimum atomic E-state index is -0.299. The number of halogens is 1. The lowest BCUT2D eigenvalue weighted by Gasteiger charge is -2.38. The molecule has 1 aromatic carbocycles. The van der Waals surface area contributed by atoms with Crippen molar-refractivity contribution in [2.24, 2.45) is 5.92 Å². The topological polar surface area (TPSA) is 49.8 Å². The van der Waals surface area contributed by atoms with Crippen molar-refractivity contribution in [3.05, 3.63) is 29.6 Å². The highest BCUT2D eigenvalue weighted by atomic mass is 19.1. The molecule has 0 spiro atoms. The molecule has 0 saturated carbocycles. The predicted octanol–water partition coefficient (Wildman–Crippen LogP) is 2.14. The molecule has 0 aromatic heterocycles. The van der Waals surface area contributed by atoms with Crippen molar-refractivity contribution < 1.29 is 19.0 Å². The van der Waals surface area contributed by atoms with Gasteiger partial charge in [0.2, 0.25) is 5.91 Å². The van der Waals surface area contributed by atoms with Gasteiger partial charge in [0.1, 0.15) is 18.2 Å². The molecular weight excluding hydrogens is 285 g/mol. The lowest BCUT2D eigenvalue weighted by molar-refractivity contribution is -0.141. The fraction of sp³-hybridized carbons (Fsp3) is 0.588.